The summed E-state index contributed by atoms with van der Waals surface area (Å²) in [6.07, 6.45) is 3.06. The number of hydrogen-bond acceptors (Lipinski definition) is 4. The molecule has 0 spiro atoms. The van der Waals surface area contributed by atoms with Crippen molar-refractivity contribution >= 4 is 29.2 Å². The summed E-state index contributed by atoms with van der Waals surface area (Å²) in [5.41, 5.74) is 2.07. The van der Waals surface area contributed by atoms with Gasteiger partial charge in [-0.15, -0.1) is 0 Å². The number of rotatable bonds is 3. The minimum Gasteiger partial charge on any atom is -0.289 e. The molecule has 1 aliphatic carbocycles. The van der Waals surface area contributed by atoms with Crippen molar-refractivity contribution in [3.8, 4) is 0 Å². The minimum absolute atomic E-state index is 0.116. The molecule has 0 unspecified atom stereocenters. The normalized spacial score (nSPS) is 28.5. The Bertz CT molecular complexity index is 677. The largest absolute Gasteiger partial charge is 0.289 e. The highest BCUT2D eigenvalue weighted by molar-refractivity contribution is 7.89. The van der Waals surface area contributed by atoms with Crippen LogP contribution in [0.15, 0.2) is 29.2 Å². The van der Waals surface area contributed by atoms with Gasteiger partial charge >= 0.3 is 0 Å². The molecule has 22 heavy (non-hydrogen) atoms. The highest BCUT2D eigenvalue weighted by Crippen LogP contribution is 2.44. The van der Waals surface area contributed by atoms with Gasteiger partial charge < -0.3 is 0 Å². The second-order valence-electron chi connectivity index (χ2n) is 5.89. The predicted molar refractivity (Wildman–Crippen MR) is 80.3 cm³/mol. The van der Waals surface area contributed by atoms with Crippen LogP contribution in [0, 0.1) is 5.92 Å². The van der Waals surface area contributed by atoms with Crippen LogP contribution in [0.2, 0.25) is 0 Å². The van der Waals surface area contributed by atoms with Crippen molar-refractivity contribution in [2.45, 2.75) is 42.7 Å². The number of amides is 1. The molecule has 1 aliphatic heterocycles. The fourth-order valence-electron chi connectivity index (χ4n) is 3.65. The van der Waals surface area contributed by atoms with Crippen LogP contribution < -0.4 is 10.9 Å². The number of nitrogens with one attached hydrogen (secondary N) is 1. The molecule has 1 aromatic rings. The molecule has 3 rings (SSSR count). The Balaban J connectivity index is 2.01. The lowest BCUT2D eigenvalue weighted by molar-refractivity contribution is -0.132. The quantitative estimate of drug-likeness (QED) is 0.463. The molecule has 116 valence electrons. The van der Waals surface area contributed by atoms with Gasteiger partial charge in [0.25, 0.3) is 5.91 Å². The van der Waals surface area contributed by atoms with E-state index < -0.39 is 22.0 Å². The fraction of sp³-hybridized carbons (Fsp3) is 0.500. The highest BCUT2D eigenvalue weighted by atomic mass is 32.2. The standard InChI is InChI=1S/C14H17BN2O4S/c15-10-4-6-11(7-5-10)22(20,21)17-12-3-1-2-9(12)8-13(17)14(18)16-19/h4-7,9,12-13,19H,1-3,8H2,(H,16,18)/t9-,12-,13-/m1/s1. The van der Waals surface area contributed by atoms with Crippen LogP contribution in [-0.2, 0) is 14.8 Å². The number of carbonyl (C=O) groups excluding carboxylic acids is 1. The molecule has 2 aliphatic rings. The first kappa shape index (κ1) is 15.5. The Morgan fingerprint density at radius 1 is 1.27 bits per heavy atom. The Morgan fingerprint density at radius 2 is 1.95 bits per heavy atom. The van der Waals surface area contributed by atoms with Gasteiger partial charge in [0.2, 0.25) is 10.0 Å². The van der Waals surface area contributed by atoms with E-state index in [1.165, 1.54) is 28.6 Å². The summed E-state index contributed by atoms with van der Waals surface area (Å²) >= 11 is 0. The monoisotopic (exact) mass is 320 g/mol. The molecule has 2 N–H and O–H groups in total. The Kier molecular flexibility index (Phi) is 4.01. The zero-order chi connectivity index (χ0) is 15.9. The Labute approximate surface area is 130 Å². The van der Waals surface area contributed by atoms with Gasteiger partial charge in [0.05, 0.1) is 4.90 Å². The van der Waals surface area contributed by atoms with Crippen LogP contribution in [0.1, 0.15) is 25.7 Å². The fourth-order valence-corrected chi connectivity index (χ4v) is 5.53. The summed E-state index contributed by atoms with van der Waals surface area (Å²) in [6.45, 7) is 0. The maximum atomic E-state index is 12.9. The molecule has 3 atom stereocenters. The predicted octanol–water partition coefficient (Wildman–Crippen LogP) is -0.0825. The first-order valence-corrected chi connectivity index (χ1v) is 8.72. The topological polar surface area (TPSA) is 86.7 Å². The molecular weight excluding hydrogens is 303 g/mol. The van der Waals surface area contributed by atoms with Crippen LogP contribution in [0.25, 0.3) is 0 Å². The third kappa shape index (κ3) is 2.45. The third-order valence-electron chi connectivity index (χ3n) is 4.65. The minimum atomic E-state index is -3.81. The van der Waals surface area contributed by atoms with Gasteiger partial charge in [0.15, 0.2) is 0 Å². The second-order valence-corrected chi connectivity index (χ2v) is 7.73. The van der Waals surface area contributed by atoms with Gasteiger partial charge in [-0.05, 0) is 37.3 Å². The summed E-state index contributed by atoms with van der Waals surface area (Å²) < 4.78 is 27.2. The number of fused-ring (bicyclic) bond motifs is 1. The lowest BCUT2D eigenvalue weighted by atomic mass is 9.97. The molecule has 1 aromatic carbocycles. The number of nitrogens with zero attached hydrogens (tertiary/aromatic N) is 1. The smallest absolute Gasteiger partial charge is 0.261 e. The van der Waals surface area contributed by atoms with Crippen molar-refractivity contribution in [2.75, 3.05) is 0 Å². The zero-order valence-electron chi connectivity index (χ0n) is 12.0. The lowest BCUT2D eigenvalue weighted by Crippen LogP contribution is -2.48. The molecule has 0 aromatic heterocycles. The molecule has 1 heterocycles. The van der Waals surface area contributed by atoms with E-state index in [4.69, 9.17) is 13.1 Å². The maximum absolute atomic E-state index is 12.9. The SMILES string of the molecule is [B]c1ccc(S(=O)(=O)N2[C@@H](C(=O)NO)C[C@H]3CCC[C@H]32)cc1. The van der Waals surface area contributed by atoms with Crippen molar-refractivity contribution in [3.63, 3.8) is 0 Å². The molecule has 1 saturated carbocycles. The first-order valence-electron chi connectivity index (χ1n) is 7.28. The second kappa shape index (κ2) is 5.68. The molecule has 2 radical (unpaired) electrons. The number of benzene rings is 1. The zero-order valence-corrected chi connectivity index (χ0v) is 12.8. The Hall–Kier alpha value is -1.38. The number of sulfonamides is 1. The van der Waals surface area contributed by atoms with Gasteiger partial charge in [-0.3, -0.25) is 10.0 Å². The summed E-state index contributed by atoms with van der Waals surface area (Å²) in [5.74, 6) is -0.501. The van der Waals surface area contributed by atoms with Gasteiger partial charge in [-0.1, -0.05) is 24.0 Å². The summed E-state index contributed by atoms with van der Waals surface area (Å²) in [7, 11) is 1.79. The van der Waals surface area contributed by atoms with Crippen LogP contribution in [0.4, 0.5) is 0 Å². The molecule has 2 fully saturated rings. The molecule has 1 amide bonds. The van der Waals surface area contributed by atoms with E-state index in [9.17, 15) is 13.2 Å². The molecule has 0 bridgehead atoms. The Morgan fingerprint density at radius 3 is 2.59 bits per heavy atom. The van der Waals surface area contributed by atoms with Crippen molar-refractivity contribution < 1.29 is 18.4 Å². The summed E-state index contributed by atoms with van der Waals surface area (Å²) in [4.78, 5) is 12.0. The molecule has 6 nitrogen and oxygen atoms in total. The third-order valence-corrected chi connectivity index (χ3v) is 6.60. The average molecular weight is 320 g/mol. The lowest BCUT2D eigenvalue weighted by Gasteiger charge is -2.27. The van der Waals surface area contributed by atoms with Gasteiger partial charge in [0.1, 0.15) is 13.9 Å². The van der Waals surface area contributed by atoms with Crippen LogP contribution >= 0.6 is 0 Å². The number of hydrogen-bond donors (Lipinski definition) is 2. The first-order chi connectivity index (χ1) is 10.4. The van der Waals surface area contributed by atoms with E-state index in [0.717, 1.165) is 19.3 Å². The summed E-state index contributed by atoms with van der Waals surface area (Å²) in [5, 5.41) is 8.91. The highest BCUT2D eigenvalue weighted by Gasteiger charge is 2.51. The van der Waals surface area contributed by atoms with Gasteiger partial charge in [-0.25, -0.2) is 13.9 Å². The average Bonchev–Trinajstić information content (AvgIpc) is 3.06. The summed E-state index contributed by atoms with van der Waals surface area (Å²) in [6, 6.07) is 4.90. The number of hydroxylamine groups is 1. The van der Waals surface area contributed by atoms with Crippen molar-refractivity contribution in [1.82, 2.24) is 9.79 Å². The van der Waals surface area contributed by atoms with E-state index in [1.54, 1.807) is 5.48 Å². The van der Waals surface area contributed by atoms with E-state index in [2.05, 4.69) is 0 Å². The van der Waals surface area contributed by atoms with Crippen molar-refractivity contribution in [2.24, 2.45) is 5.92 Å². The molecular formula is C14H17BN2O4S. The van der Waals surface area contributed by atoms with E-state index >= 15 is 0 Å². The van der Waals surface area contributed by atoms with Crippen molar-refractivity contribution in [3.05, 3.63) is 24.3 Å². The van der Waals surface area contributed by atoms with E-state index in [1.807, 2.05) is 0 Å². The van der Waals surface area contributed by atoms with Crippen LogP contribution in [-0.4, -0.2) is 43.8 Å². The van der Waals surface area contributed by atoms with Crippen LogP contribution in [0.3, 0.4) is 0 Å². The van der Waals surface area contributed by atoms with E-state index in [0.29, 0.717) is 11.9 Å². The molecule has 8 heteroatoms. The van der Waals surface area contributed by atoms with E-state index in [-0.39, 0.29) is 16.9 Å². The van der Waals surface area contributed by atoms with Crippen LogP contribution in [0.5, 0.6) is 0 Å². The molecule has 1 saturated heterocycles. The van der Waals surface area contributed by atoms with Gasteiger partial charge in [-0.2, -0.15) is 4.31 Å². The number of carbonyl (C=O) groups is 1. The maximum Gasteiger partial charge on any atom is 0.261 e. The van der Waals surface area contributed by atoms with Gasteiger partial charge in [0, 0.05) is 6.04 Å². The van der Waals surface area contributed by atoms with Crippen molar-refractivity contribution in [1.29, 1.82) is 0 Å².